The molecular weight excluding hydrogens is 346 g/mol. The van der Waals surface area contributed by atoms with Gasteiger partial charge in [-0.25, -0.2) is 4.79 Å². The van der Waals surface area contributed by atoms with Crippen molar-refractivity contribution >= 4 is 11.9 Å². The van der Waals surface area contributed by atoms with Crippen LogP contribution in [-0.4, -0.2) is 57.3 Å². The van der Waals surface area contributed by atoms with E-state index in [-0.39, 0.29) is 11.9 Å². The second-order valence-corrected chi connectivity index (χ2v) is 6.27. The van der Waals surface area contributed by atoms with Crippen molar-refractivity contribution in [1.82, 2.24) is 4.90 Å². The molecule has 0 aromatic heterocycles. The minimum absolute atomic E-state index is 0.0931. The van der Waals surface area contributed by atoms with E-state index in [1.807, 2.05) is 35.2 Å². The van der Waals surface area contributed by atoms with Gasteiger partial charge < -0.3 is 19.1 Å². The van der Waals surface area contributed by atoms with E-state index < -0.39 is 0 Å². The van der Waals surface area contributed by atoms with Crippen molar-refractivity contribution in [2.45, 2.75) is 6.42 Å². The van der Waals surface area contributed by atoms with E-state index in [0.29, 0.717) is 44.0 Å². The number of benzene rings is 2. The Kier molecular flexibility index (Phi) is 6.08. The molecule has 1 amide bonds. The summed E-state index contributed by atoms with van der Waals surface area (Å²) >= 11 is 0. The standard InChI is InChI=1S/C21H23NO5/c1-25-19-13-15(14-20(23)22-9-11-27-12-10-22)3-8-18(19)16-4-6-17(7-5-16)21(24)26-2/h3-8,13H,9-12,14H2,1-2H3. The van der Waals surface area contributed by atoms with E-state index in [1.54, 1.807) is 19.2 Å². The summed E-state index contributed by atoms with van der Waals surface area (Å²) in [5.74, 6) is 0.411. The van der Waals surface area contributed by atoms with Crippen LogP contribution in [0.2, 0.25) is 0 Å². The lowest BCUT2D eigenvalue weighted by molar-refractivity contribution is -0.134. The molecule has 0 atom stereocenters. The van der Waals surface area contributed by atoms with Crippen LogP contribution in [0, 0.1) is 0 Å². The highest BCUT2D eigenvalue weighted by molar-refractivity contribution is 5.90. The number of rotatable bonds is 5. The van der Waals surface area contributed by atoms with Crippen molar-refractivity contribution in [3.63, 3.8) is 0 Å². The fourth-order valence-corrected chi connectivity index (χ4v) is 3.09. The summed E-state index contributed by atoms with van der Waals surface area (Å²) in [7, 11) is 2.96. The molecule has 1 aliphatic rings. The fourth-order valence-electron chi connectivity index (χ4n) is 3.09. The van der Waals surface area contributed by atoms with Gasteiger partial charge in [0.15, 0.2) is 0 Å². The summed E-state index contributed by atoms with van der Waals surface area (Å²) in [6, 6.07) is 12.9. The number of esters is 1. The number of hydrogen-bond acceptors (Lipinski definition) is 5. The minimum Gasteiger partial charge on any atom is -0.496 e. The Balaban J connectivity index is 1.77. The molecule has 1 saturated heterocycles. The molecule has 6 nitrogen and oxygen atoms in total. The molecule has 1 fully saturated rings. The normalized spacial score (nSPS) is 13.9. The molecule has 0 saturated carbocycles. The Morgan fingerprint density at radius 1 is 1.04 bits per heavy atom. The number of methoxy groups -OCH3 is 2. The fraction of sp³-hybridized carbons (Fsp3) is 0.333. The molecule has 0 N–H and O–H groups in total. The van der Waals surface area contributed by atoms with E-state index in [4.69, 9.17) is 14.2 Å². The Bertz CT molecular complexity index is 810. The summed E-state index contributed by atoms with van der Waals surface area (Å²) in [5.41, 5.74) is 3.22. The average Bonchev–Trinajstić information content (AvgIpc) is 2.73. The lowest BCUT2D eigenvalue weighted by Crippen LogP contribution is -2.41. The zero-order chi connectivity index (χ0) is 19.2. The summed E-state index contributed by atoms with van der Waals surface area (Å²) in [5, 5.41) is 0. The molecule has 1 heterocycles. The first kappa shape index (κ1) is 18.9. The molecule has 1 aliphatic heterocycles. The molecule has 0 spiro atoms. The van der Waals surface area contributed by atoms with Gasteiger partial charge in [0.1, 0.15) is 5.75 Å². The van der Waals surface area contributed by atoms with Gasteiger partial charge >= 0.3 is 5.97 Å². The number of amides is 1. The molecule has 0 unspecified atom stereocenters. The SMILES string of the molecule is COC(=O)c1ccc(-c2ccc(CC(=O)N3CCOCC3)cc2OC)cc1. The average molecular weight is 369 g/mol. The first-order chi connectivity index (χ1) is 13.1. The van der Waals surface area contributed by atoms with Crippen LogP contribution in [0.4, 0.5) is 0 Å². The summed E-state index contributed by atoms with van der Waals surface area (Å²) in [4.78, 5) is 25.8. The topological polar surface area (TPSA) is 65.1 Å². The zero-order valence-electron chi connectivity index (χ0n) is 15.6. The maximum atomic E-state index is 12.4. The Morgan fingerprint density at radius 3 is 2.37 bits per heavy atom. The van der Waals surface area contributed by atoms with Gasteiger partial charge in [0.2, 0.25) is 5.91 Å². The van der Waals surface area contributed by atoms with Gasteiger partial charge in [-0.1, -0.05) is 24.3 Å². The van der Waals surface area contributed by atoms with Crippen molar-refractivity contribution in [3.05, 3.63) is 53.6 Å². The first-order valence-corrected chi connectivity index (χ1v) is 8.83. The molecule has 0 radical (unpaired) electrons. The van der Waals surface area contributed by atoms with Crippen LogP contribution in [0.15, 0.2) is 42.5 Å². The number of ether oxygens (including phenoxy) is 3. The monoisotopic (exact) mass is 369 g/mol. The third-order valence-corrected chi connectivity index (χ3v) is 4.60. The molecule has 2 aromatic rings. The summed E-state index contributed by atoms with van der Waals surface area (Å²) < 4.78 is 15.5. The van der Waals surface area contributed by atoms with Crippen molar-refractivity contribution in [3.8, 4) is 16.9 Å². The predicted molar refractivity (Wildman–Crippen MR) is 101 cm³/mol. The largest absolute Gasteiger partial charge is 0.496 e. The molecular formula is C21H23NO5. The van der Waals surface area contributed by atoms with Gasteiger partial charge in [0.25, 0.3) is 0 Å². The highest BCUT2D eigenvalue weighted by Gasteiger charge is 2.18. The van der Waals surface area contributed by atoms with Gasteiger partial charge in [-0.15, -0.1) is 0 Å². The number of carbonyl (C=O) groups is 2. The van der Waals surface area contributed by atoms with Crippen LogP contribution in [0.1, 0.15) is 15.9 Å². The maximum Gasteiger partial charge on any atom is 0.337 e. The van der Waals surface area contributed by atoms with Gasteiger partial charge in [-0.3, -0.25) is 4.79 Å². The van der Waals surface area contributed by atoms with Crippen molar-refractivity contribution in [2.75, 3.05) is 40.5 Å². The summed E-state index contributed by atoms with van der Waals surface area (Å²) in [6.45, 7) is 2.46. The number of morpholine rings is 1. The second kappa shape index (κ2) is 8.68. The highest BCUT2D eigenvalue weighted by atomic mass is 16.5. The lowest BCUT2D eigenvalue weighted by atomic mass is 10.00. The maximum absolute atomic E-state index is 12.4. The predicted octanol–water partition coefficient (Wildman–Crippen LogP) is 2.55. The van der Waals surface area contributed by atoms with Crippen LogP contribution in [0.25, 0.3) is 11.1 Å². The van der Waals surface area contributed by atoms with Crippen LogP contribution in [-0.2, 0) is 20.7 Å². The molecule has 142 valence electrons. The number of carbonyl (C=O) groups excluding carboxylic acids is 2. The highest BCUT2D eigenvalue weighted by Crippen LogP contribution is 2.31. The molecule has 0 bridgehead atoms. The van der Waals surface area contributed by atoms with Gasteiger partial charge in [-0.05, 0) is 29.3 Å². The molecule has 2 aromatic carbocycles. The molecule has 3 rings (SSSR count). The third-order valence-electron chi connectivity index (χ3n) is 4.60. The van der Waals surface area contributed by atoms with Gasteiger partial charge in [-0.2, -0.15) is 0 Å². The second-order valence-electron chi connectivity index (χ2n) is 6.27. The van der Waals surface area contributed by atoms with Crippen LogP contribution < -0.4 is 4.74 Å². The number of nitrogens with zero attached hydrogens (tertiary/aromatic N) is 1. The van der Waals surface area contributed by atoms with Crippen LogP contribution in [0.3, 0.4) is 0 Å². The Hall–Kier alpha value is -2.86. The molecule has 27 heavy (non-hydrogen) atoms. The van der Waals surface area contributed by atoms with E-state index in [0.717, 1.165) is 16.7 Å². The van der Waals surface area contributed by atoms with Crippen molar-refractivity contribution in [2.24, 2.45) is 0 Å². The first-order valence-electron chi connectivity index (χ1n) is 8.83. The number of hydrogen-bond donors (Lipinski definition) is 0. The van der Waals surface area contributed by atoms with Gasteiger partial charge in [0, 0.05) is 18.7 Å². The van der Waals surface area contributed by atoms with E-state index in [9.17, 15) is 9.59 Å². The van der Waals surface area contributed by atoms with Crippen molar-refractivity contribution < 1.29 is 23.8 Å². The van der Waals surface area contributed by atoms with E-state index in [1.165, 1.54) is 7.11 Å². The lowest BCUT2D eigenvalue weighted by Gasteiger charge is -2.27. The van der Waals surface area contributed by atoms with Crippen LogP contribution in [0.5, 0.6) is 5.75 Å². The third kappa shape index (κ3) is 4.46. The van der Waals surface area contributed by atoms with E-state index >= 15 is 0 Å². The van der Waals surface area contributed by atoms with Gasteiger partial charge in [0.05, 0.1) is 39.4 Å². The molecule has 0 aliphatic carbocycles. The zero-order valence-corrected chi connectivity index (χ0v) is 15.6. The smallest absolute Gasteiger partial charge is 0.337 e. The minimum atomic E-state index is -0.370. The Morgan fingerprint density at radius 2 is 1.74 bits per heavy atom. The quantitative estimate of drug-likeness (QED) is 0.758. The van der Waals surface area contributed by atoms with Crippen molar-refractivity contribution in [1.29, 1.82) is 0 Å². The summed E-state index contributed by atoms with van der Waals surface area (Å²) in [6.07, 6.45) is 0.331. The van der Waals surface area contributed by atoms with Crippen LogP contribution >= 0.6 is 0 Å². The Labute approximate surface area is 158 Å². The van der Waals surface area contributed by atoms with E-state index in [2.05, 4.69) is 0 Å². The molecule has 6 heteroatoms.